The lowest BCUT2D eigenvalue weighted by Gasteiger charge is -2.09. The van der Waals surface area contributed by atoms with Crippen LogP contribution in [-0.4, -0.2) is 20.5 Å². The number of aromatic nitrogens is 3. The Bertz CT molecular complexity index is 526. The average Bonchev–Trinajstić information content (AvgIpc) is 2.65. The summed E-state index contributed by atoms with van der Waals surface area (Å²) >= 11 is 0. The molecule has 2 aromatic heterocycles. The van der Waals surface area contributed by atoms with E-state index >= 15 is 0 Å². The van der Waals surface area contributed by atoms with Gasteiger partial charge in [0.15, 0.2) is 6.10 Å². The molecule has 76 valence electrons. The summed E-state index contributed by atoms with van der Waals surface area (Å²) in [6, 6.07) is 0. The van der Waals surface area contributed by atoms with Crippen LogP contribution in [-0.2, 0) is 0 Å². The Morgan fingerprint density at radius 1 is 1.67 bits per heavy atom. The van der Waals surface area contributed by atoms with Crippen molar-refractivity contribution in [1.29, 1.82) is 0 Å². The van der Waals surface area contributed by atoms with Crippen LogP contribution in [0.2, 0.25) is 0 Å². The number of rotatable bonds is 2. The summed E-state index contributed by atoms with van der Waals surface area (Å²) in [5.74, 6) is 3.16. The molecule has 0 aromatic carbocycles. The first kappa shape index (κ1) is 9.34. The lowest BCUT2D eigenvalue weighted by molar-refractivity contribution is 0.270. The standard InChI is InChI=1S/C10H10N4O/c1-3-7(2)15-10-9-12-4-5-14(9)6-8(11)13-10/h1,4-7H,11H2,2H3. The summed E-state index contributed by atoms with van der Waals surface area (Å²) < 4.78 is 7.14. The maximum absolute atomic E-state index is 5.61. The third kappa shape index (κ3) is 1.70. The normalized spacial score (nSPS) is 12.3. The number of anilines is 1. The number of imidazole rings is 1. The summed E-state index contributed by atoms with van der Waals surface area (Å²) in [5.41, 5.74) is 6.21. The molecule has 2 rings (SSSR count). The monoisotopic (exact) mass is 202 g/mol. The van der Waals surface area contributed by atoms with Crippen LogP contribution in [0, 0.1) is 12.3 Å². The second-order valence-corrected chi connectivity index (χ2v) is 3.06. The highest BCUT2D eigenvalue weighted by atomic mass is 16.5. The van der Waals surface area contributed by atoms with E-state index < -0.39 is 0 Å². The van der Waals surface area contributed by atoms with E-state index in [1.54, 1.807) is 29.9 Å². The van der Waals surface area contributed by atoms with Gasteiger partial charge in [-0.05, 0) is 6.92 Å². The molecule has 1 atom stereocenters. The van der Waals surface area contributed by atoms with Crippen LogP contribution < -0.4 is 10.5 Å². The van der Waals surface area contributed by atoms with Crippen molar-refractivity contribution in [2.45, 2.75) is 13.0 Å². The summed E-state index contributed by atoms with van der Waals surface area (Å²) in [6.07, 6.45) is 9.92. The quantitative estimate of drug-likeness (QED) is 0.728. The summed E-state index contributed by atoms with van der Waals surface area (Å²) in [4.78, 5) is 8.14. The van der Waals surface area contributed by atoms with Gasteiger partial charge in [-0.25, -0.2) is 4.98 Å². The first-order chi connectivity index (χ1) is 7.20. The molecule has 0 aliphatic carbocycles. The van der Waals surface area contributed by atoms with Crippen molar-refractivity contribution < 1.29 is 4.74 Å². The first-order valence-electron chi connectivity index (χ1n) is 4.42. The van der Waals surface area contributed by atoms with Gasteiger partial charge in [0.25, 0.3) is 5.88 Å². The van der Waals surface area contributed by atoms with E-state index in [2.05, 4.69) is 15.9 Å². The number of nitrogens with two attached hydrogens (primary N) is 1. The molecule has 0 aliphatic heterocycles. The Morgan fingerprint density at radius 3 is 3.20 bits per heavy atom. The number of nitrogens with zero attached hydrogens (tertiary/aromatic N) is 3. The Morgan fingerprint density at radius 2 is 2.47 bits per heavy atom. The Balaban J connectivity index is 2.49. The lowest BCUT2D eigenvalue weighted by atomic mass is 10.4. The fourth-order valence-corrected chi connectivity index (χ4v) is 1.20. The molecule has 1 unspecified atom stereocenters. The SMILES string of the molecule is C#CC(C)Oc1nc(N)cn2ccnc12. The molecule has 0 saturated heterocycles. The van der Waals surface area contributed by atoms with E-state index in [-0.39, 0.29) is 6.10 Å². The zero-order valence-corrected chi connectivity index (χ0v) is 8.21. The van der Waals surface area contributed by atoms with Crippen LogP contribution in [0.1, 0.15) is 6.92 Å². The maximum atomic E-state index is 5.61. The van der Waals surface area contributed by atoms with Gasteiger partial charge in [0.05, 0.1) is 6.20 Å². The smallest absolute Gasteiger partial charge is 0.261 e. The summed E-state index contributed by atoms with van der Waals surface area (Å²) in [5, 5.41) is 0. The zero-order valence-electron chi connectivity index (χ0n) is 8.21. The molecular weight excluding hydrogens is 192 g/mol. The Hall–Kier alpha value is -2.22. The van der Waals surface area contributed by atoms with Crippen molar-refractivity contribution in [3.8, 4) is 18.2 Å². The minimum Gasteiger partial charge on any atom is -0.459 e. The Labute approximate surface area is 86.9 Å². The molecule has 0 fully saturated rings. The second-order valence-electron chi connectivity index (χ2n) is 3.06. The van der Waals surface area contributed by atoms with Gasteiger partial charge in [-0.2, -0.15) is 4.98 Å². The van der Waals surface area contributed by atoms with E-state index in [0.717, 1.165) is 0 Å². The van der Waals surface area contributed by atoms with Crippen LogP contribution >= 0.6 is 0 Å². The predicted octanol–water partition coefficient (Wildman–Crippen LogP) is 0.712. The van der Waals surface area contributed by atoms with Crippen molar-refractivity contribution in [3.05, 3.63) is 18.6 Å². The molecule has 0 spiro atoms. The predicted molar refractivity (Wildman–Crippen MR) is 56.3 cm³/mol. The average molecular weight is 202 g/mol. The molecule has 15 heavy (non-hydrogen) atoms. The number of terminal acetylenes is 1. The van der Waals surface area contributed by atoms with Crippen molar-refractivity contribution in [1.82, 2.24) is 14.4 Å². The molecule has 0 amide bonds. The molecule has 2 N–H and O–H groups in total. The van der Waals surface area contributed by atoms with Gasteiger partial charge < -0.3 is 10.5 Å². The van der Waals surface area contributed by atoms with Gasteiger partial charge in [0.2, 0.25) is 5.65 Å². The molecule has 0 radical (unpaired) electrons. The molecule has 0 bridgehead atoms. The van der Waals surface area contributed by atoms with Gasteiger partial charge in [-0.1, -0.05) is 5.92 Å². The van der Waals surface area contributed by atoms with Gasteiger partial charge in [-0.3, -0.25) is 4.40 Å². The number of ether oxygens (including phenoxy) is 1. The zero-order chi connectivity index (χ0) is 10.8. The van der Waals surface area contributed by atoms with E-state index in [1.807, 2.05) is 0 Å². The number of nitrogen functional groups attached to an aromatic ring is 1. The van der Waals surface area contributed by atoms with Gasteiger partial charge >= 0.3 is 0 Å². The van der Waals surface area contributed by atoms with E-state index in [1.165, 1.54) is 0 Å². The maximum Gasteiger partial charge on any atom is 0.261 e. The molecule has 0 aliphatic rings. The van der Waals surface area contributed by atoms with Crippen LogP contribution in [0.5, 0.6) is 5.88 Å². The van der Waals surface area contributed by atoms with Crippen molar-refractivity contribution >= 4 is 11.5 Å². The fraction of sp³-hybridized carbons (Fsp3) is 0.200. The van der Waals surface area contributed by atoms with Gasteiger partial charge in [-0.15, -0.1) is 6.42 Å². The number of hydrogen-bond donors (Lipinski definition) is 1. The van der Waals surface area contributed by atoms with Gasteiger partial charge in [0, 0.05) is 12.4 Å². The highest BCUT2D eigenvalue weighted by Gasteiger charge is 2.09. The molecule has 5 nitrogen and oxygen atoms in total. The fourth-order valence-electron chi connectivity index (χ4n) is 1.20. The number of fused-ring (bicyclic) bond motifs is 1. The third-order valence-corrected chi connectivity index (χ3v) is 1.89. The highest BCUT2D eigenvalue weighted by molar-refractivity contribution is 5.52. The summed E-state index contributed by atoms with van der Waals surface area (Å²) in [7, 11) is 0. The molecular formula is C10H10N4O. The largest absolute Gasteiger partial charge is 0.459 e. The molecule has 0 saturated carbocycles. The first-order valence-corrected chi connectivity index (χ1v) is 4.42. The molecule has 2 heterocycles. The van der Waals surface area contributed by atoms with Crippen LogP contribution in [0.3, 0.4) is 0 Å². The van der Waals surface area contributed by atoms with Crippen molar-refractivity contribution in [2.24, 2.45) is 0 Å². The van der Waals surface area contributed by atoms with Crippen LogP contribution in [0.25, 0.3) is 5.65 Å². The second kappa shape index (κ2) is 3.50. The Kier molecular flexibility index (Phi) is 2.18. The minimum absolute atomic E-state index is 0.352. The van der Waals surface area contributed by atoms with E-state index in [0.29, 0.717) is 17.3 Å². The van der Waals surface area contributed by atoms with E-state index in [4.69, 9.17) is 16.9 Å². The summed E-state index contributed by atoms with van der Waals surface area (Å²) in [6.45, 7) is 1.75. The van der Waals surface area contributed by atoms with Crippen molar-refractivity contribution in [2.75, 3.05) is 5.73 Å². The van der Waals surface area contributed by atoms with Gasteiger partial charge in [0.1, 0.15) is 5.82 Å². The van der Waals surface area contributed by atoms with Crippen LogP contribution in [0.4, 0.5) is 5.82 Å². The van der Waals surface area contributed by atoms with Crippen LogP contribution in [0.15, 0.2) is 18.6 Å². The minimum atomic E-state index is -0.361. The highest BCUT2D eigenvalue weighted by Crippen LogP contribution is 2.17. The topological polar surface area (TPSA) is 65.4 Å². The third-order valence-electron chi connectivity index (χ3n) is 1.89. The molecule has 2 aromatic rings. The number of hydrogen-bond acceptors (Lipinski definition) is 4. The van der Waals surface area contributed by atoms with E-state index in [9.17, 15) is 0 Å². The molecule has 5 heteroatoms. The van der Waals surface area contributed by atoms with Crippen molar-refractivity contribution in [3.63, 3.8) is 0 Å². The lowest BCUT2D eigenvalue weighted by Crippen LogP contribution is -2.11.